The standard InChI is InChI=1S/C16H27N/c1-8-11(2)16-9-12(3)14(5)13(4)10-17(7)15(16)6/h9,11H,8,10H2,1-7H3/b12-9?,14-13+,16-15?/t11-/m1/s1. The van der Waals surface area contributed by atoms with Gasteiger partial charge in [0.25, 0.3) is 0 Å². The minimum absolute atomic E-state index is 0.638. The lowest BCUT2D eigenvalue weighted by molar-refractivity contribution is 0.438. The third-order valence-electron chi connectivity index (χ3n) is 4.21. The molecule has 0 N–H and O–H groups in total. The van der Waals surface area contributed by atoms with Crippen LogP contribution in [0, 0.1) is 5.92 Å². The van der Waals surface area contributed by atoms with E-state index in [0.29, 0.717) is 5.92 Å². The number of hydrogen-bond acceptors (Lipinski definition) is 1. The Labute approximate surface area is 107 Å². The van der Waals surface area contributed by atoms with E-state index in [1.165, 1.54) is 34.4 Å². The zero-order valence-electron chi connectivity index (χ0n) is 12.5. The number of allylic oxidation sites excluding steroid dienone is 5. The van der Waals surface area contributed by atoms with Gasteiger partial charge in [-0.1, -0.05) is 25.5 Å². The molecule has 0 aromatic carbocycles. The molecule has 0 fully saturated rings. The summed E-state index contributed by atoms with van der Waals surface area (Å²) in [5, 5.41) is 0. The average Bonchev–Trinajstić information content (AvgIpc) is 2.31. The van der Waals surface area contributed by atoms with Crippen molar-refractivity contribution in [2.75, 3.05) is 13.6 Å². The van der Waals surface area contributed by atoms with Crippen LogP contribution in [0.1, 0.15) is 48.0 Å². The van der Waals surface area contributed by atoms with Gasteiger partial charge in [0.05, 0.1) is 0 Å². The third kappa shape index (κ3) is 3.02. The summed E-state index contributed by atoms with van der Waals surface area (Å²) in [5.41, 5.74) is 7.27. The van der Waals surface area contributed by atoms with Gasteiger partial charge >= 0.3 is 0 Å². The fourth-order valence-electron chi connectivity index (χ4n) is 2.31. The average molecular weight is 233 g/mol. The topological polar surface area (TPSA) is 3.24 Å². The maximum Gasteiger partial charge on any atom is 0.0385 e. The lowest BCUT2D eigenvalue weighted by Gasteiger charge is -2.28. The summed E-state index contributed by atoms with van der Waals surface area (Å²) in [6.07, 6.45) is 3.59. The number of likely N-dealkylation sites (N-methyl/N-ethyl adjacent to an activating group) is 1. The van der Waals surface area contributed by atoms with Gasteiger partial charge in [0.2, 0.25) is 0 Å². The Morgan fingerprint density at radius 2 is 1.82 bits per heavy atom. The Balaban J connectivity index is 3.30. The molecule has 1 atom stereocenters. The van der Waals surface area contributed by atoms with Gasteiger partial charge < -0.3 is 4.90 Å². The van der Waals surface area contributed by atoms with Crippen molar-refractivity contribution in [1.29, 1.82) is 0 Å². The van der Waals surface area contributed by atoms with Crippen LogP contribution < -0.4 is 0 Å². The van der Waals surface area contributed by atoms with Crippen LogP contribution in [-0.2, 0) is 0 Å². The van der Waals surface area contributed by atoms with Crippen molar-refractivity contribution in [2.45, 2.75) is 48.0 Å². The molecule has 0 aromatic rings. The highest BCUT2D eigenvalue weighted by Crippen LogP contribution is 2.28. The first-order valence-electron chi connectivity index (χ1n) is 6.65. The number of hydrogen-bond donors (Lipinski definition) is 0. The van der Waals surface area contributed by atoms with E-state index < -0.39 is 0 Å². The SMILES string of the molecule is CC[C@@H](C)C1=C(C)N(C)C/C(C)=C(\C)C(C)=C1. The van der Waals surface area contributed by atoms with Crippen LogP contribution in [-0.4, -0.2) is 18.5 Å². The van der Waals surface area contributed by atoms with Crippen LogP contribution >= 0.6 is 0 Å². The molecule has 0 saturated carbocycles. The highest BCUT2D eigenvalue weighted by molar-refractivity contribution is 5.41. The molecule has 0 unspecified atom stereocenters. The molecule has 1 rings (SSSR count). The molecular formula is C16H27N. The third-order valence-corrected chi connectivity index (χ3v) is 4.21. The molecule has 1 heteroatoms. The van der Waals surface area contributed by atoms with Gasteiger partial charge in [0.15, 0.2) is 0 Å². The molecule has 0 amide bonds. The summed E-state index contributed by atoms with van der Waals surface area (Å²) >= 11 is 0. The molecule has 1 aliphatic rings. The van der Waals surface area contributed by atoms with Crippen molar-refractivity contribution in [3.63, 3.8) is 0 Å². The molecule has 0 spiro atoms. The maximum atomic E-state index is 2.39. The van der Waals surface area contributed by atoms with Crippen LogP contribution in [0.15, 0.2) is 34.1 Å². The van der Waals surface area contributed by atoms with Gasteiger partial charge in [-0.05, 0) is 56.8 Å². The molecule has 0 bridgehead atoms. The van der Waals surface area contributed by atoms with Crippen molar-refractivity contribution < 1.29 is 0 Å². The molecule has 0 saturated heterocycles. The predicted molar refractivity (Wildman–Crippen MR) is 76.9 cm³/mol. The van der Waals surface area contributed by atoms with Gasteiger partial charge in [-0.2, -0.15) is 0 Å². The molecule has 17 heavy (non-hydrogen) atoms. The lowest BCUT2D eigenvalue weighted by atomic mass is 9.90. The van der Waals surface area contributed by atoms with Gasteiger partial charge in [-0.3, -0.25) is 0 Å². The van der Waals surface area contributed by atoms with E-state index in [9.17, 15) is 0 Å². The van der Waals surface area contributed by atoms with E-state index in [1.807, 2.05) is 0 Å². The van der Waals surface area contributed by atoms with Crippen LogP contribution in [0.4, 0.5) is 0 Å². The molecule has 0 aliphatic carbocycles. The summed E-state index contributed by atoms with van der Waals surface area (Å²) < 4.78 is 0. The Kier molecular flexibility index (Phi) is 4.62. The van der Waals surface area contributed by atoms with Gasteiger partial charge in [-0.25, -0.2) is 0 Å². The van der Waals surface area contributed by atoms with Crippen molar-refractivity contribution in [3.05, 3.63) is 34.1 Å². The number of rotatable bonds is 2. The monoisotopic (exact) mass is 233 g/mol. The first-order chi connectivity index (χ1) is 7.88. The fraction of sp³-hybridized carbons (Fsp3) is 0.625. The Hall–Kier alpha value is -0.980. The minimum atomic E-state index is 0.638. The highest BCUT2D eigenvalue weighted by atomic mass is 15.1. The molecule has 1 heterocycles. The van der Waals surface area contributed by atoms with E-state index in [1.54, 1.807) is 0 Å². The number of nitrogens with zero attached hydrogens (tertiary/aromatic N) is 1. The molecular weight excluding hydrogens is 206 g/mol. The largest absolute Gasteiger partial charge is 0.374 e. The van der Waals surface area contributed by atoms with Crippen molar-refractivity contribution >= 4 is 0 Å². The fourth-order valence-corrected chi connectivity index (χ4v) is 2.31. The molecule has 0 aromatic heterocycles. The summed E-state index contributed by atoms with van der Waals surface area (Å²) in [6.45, 7) is 14.6. The van der Waals surface area contributed by atoms with Gasteiger partial charge in [0.1, 0.15) is 0 Å². The van der Waals surface area contributed by atoms with Crippen molar-refractivity contribution in [2.24, 2.45) is 5.92 Å². The first-order valence-corrected chi connectivity index (χ1v) is 6.65. The molecule has 96 valence electrons. The van der Waals surface area contributed by atoms with Crippen molar-refractivity contribution in [3.8, 4) is 0 Å². The van der Waals surface area contributed by atoms with E-state index in [0.717, 1.165) is 6.54 Å². The first kappa shape index (κ1) is 14.1. The smallest absolute Gasteiger partial charge is 0.0385 e. The van der Waals surface area contributed by atoms with E-state index in [-0.39, 0.29) is 0 Å². The van der Waals surface area contributed by atoms with Crippen LogP contribution in [0.2, 0.25) is 0 Å². The second kappa shape index (κ2) is 5.57. The van der Waals surface area contributed by atoms with E-state index in [2.05, 4.69) is 59.6 Å². The van der Waals surface area contributed by atoms with Crippen molar-refractivity contribution in [1.82, 2.24) is 4.90 Å². The molecule has 0 radical (unpaired) electrons. The summed E-state index contributed by atoms with van der Waals surface area (Å²) in [6, 6.07) is 0. The Morgan fingerprint density at radius 1 is 1.24 bits per heavy atom. The lowest BCUT2D eigenvalue weighted by Crippen LogP contribution is -2.22. The second-order valence-electron chi connectivity index (χ2n) is 5.44. The van der Waals surface area contributed by atoms with Crippen LogP contribution in [0.3, 0.4) is 0 Å². The van der Waals surface area contributed by atoms with Gasteiger partial charge in [0, 0.05) is 19.3 Å². The van der Waals surface area contributed by atoms with Crippen LogP contribution in [0.5, 0.6) is 0 Å². The normalized spacial score (nSPS) is 24.4. The second-order valence-corrected chi connectivity index (χ2v) is 5.44. The summed E-state index contributed by atoms with van der Waals surface area (Å²) in [4.78, 5) is 2.38. The van der Waals surface area contributed by atoms with Gasteiger partial charge in [-0.15, -0.1) is 0 Å². The van der Waals surface area contributed by atoms with E-state index in [4.69, 9.17) is 0 Å². The Bertz CT molecular complexity index is 382. The zero-order valence-corrected chi connectivity index (χ0v) is 12.5. The summed E-state index contributed by atoms with van der Waals surface area (Å²) in [5.74, 6) is 0.638. The predicted octanol–water partition coefficient (Wildman–Crippen LogP) is 4.53. The zero-order chi connectivity index (χ0) is 13.2. The summed E-state index contributed by atoms with van der Waals surface area (Å²) in [7, 11) is 2.20. The highest BCUT2D eigenvalue weighted by Gasteiger charge is 2.15. The minimum Gasteiger partial charge on any atom is -0.374 e. The molecule has 1 aliphatic heterocycles. The van der Waals surface area contributed by atoms with E-state index >= 15 is 0 Å². The van der Waals surface area contributed by atoms with Crippen LogP contribution in [0.25, 0.3) is 0 Å². The Morgan fingerprint density at radius 3 is 2.35 bits per heavy atom. The molecule has 1 nitrogen and oxygen atoms in total. The quantitative estimate of drug-likeness (QED) is 0.677. The maximum absolute atomic E-state index is 2.39.